The van der Waals surface area contributed by atoms with Crippen LogP contribution < -0.4 is 5.32 Å². The number of ketones is 1. The molecule has 1 N–H and O–H groups in total. The Labute approximate surface area is 148 Å². The number of nitrogens with one attached hydrogen (secondary N) is 1. The predicted octanol–water partition coefficient (Wildman–Crippen LogP) is 4.62. The average molecular weight is 365 g/mol. The quantitative estimate of drug-likeness (QED) is 0.864. The third-order valence-electron chi connectivity index (χ3n) is 4.57. The Morgan fingerprint density at radius 1 is 1.27 bits per heavy atom. The molecule has 26 heavy (non-hydrogen) atoms. The van der Waals surface area contributed by atoms with E-state index in [9.17, 15) is 22.8 Å². The molecule has 0 bridgehead atoms. The van der Waals surface area contributed by atoms with E-state index in [4.69, 9.17) is 4.42 Å². The number of halogens is 3. The summed E-state index contributed by atoms with van der Waals surface area (Å²) in [6.45, 7) is 3.24. The van der Waals surface area contributed by atoms with Crippen molar-refractivity contribution < 1.29 is 27.2 Å². The summed E-state index contributed by atoms with van der Waals surface area (Å²) in [7, 11) is 0. The van der Waals surface area contributed by atoms with Gasteiger partial charge in [0.2, 0.25) is 0 Å². The van der Waals surface area contributed by atoms with Crippen LogP contribution in [0.5, 0.6) is 0 Å². The minimum Gasteiger partial charge on any atom is -0.455 e. The minimum atomic E-state index is -4.45. The van der Waals surface area contributed by atoms with Crippen molar-refractivity contribution in [3.05, 3.63) is 58.0 Å². The third kappa shape index (κ3) is 3.38. The number of Topliss-reactive ketones (excluding diaryl/α,β-unsaturated/α-hetero) is 1. The monoisotopic (exact) mass is 365 g/mol. The largest absolute Gasteiger partial charge is 0.455 e. The van der Waals surface area contributed by atoms with E-state index < -0.39 is 23.7 Å². The van der Waals surface area contributed by atoms with E-state index in [-0.39, 0.29) is 11.5 Å². The number of hydrogen-bond donors (Lipinski definition) is 1. The highest BCUT2D eigenvalue weighted by Crippen LogP contribution is 2.32. The Balaban J connectivity index is 1.82. The zero-order chi connectivity index (χ0) is 19.1. The third-order valence-corrected chi connectivity index (χ3v) is 4.57. The van der Waals surface area contributed by atoms with Crippen LogP contribution in [0.4, 0.5) is 13.2 Å². The number of amides is 1. The summed E-state index contributed by atoms with van der Waals surface area (Å²) in [5, 5.41) is 2.64. The van der Waals surface area contributed by atoms with Gasteiger partial charge in [0.25, 0.3) is 5.91 Å². The lowest BCUT2D eigenvalue weighted by molar-refractivity contribution is -0.137. The van der Waals surface area contributed by atoms with Gasteiger partial charge < -0.3 is 9.73 Å². The molecule has 1 heterocycles. The molecule has 138 valence electrons. The van der Waals surface area contributed by atoms with Gasteiger partial charge in [-0.25, -0.2) is 0 Å². The van der Waals surface area contributed by atoms with Crippen molar-refractivity contribution in [3.63, 3.8) is 0 Å². The van der Waals surface area contributed by atoms with Gasteiger partial charge in [-0.05, 0) is 38.0 Å². The molecule has 4 nitrogen and oxygen atoms in total. The Hall–Kier alpha value is -2.57. The first-order valence-corrected chi connectivity index (χ1v) is 8.32. The maximum absolute atomic E-state index is 12.8. The molecule has 0 radical (unpaired) electrons. The van der Waals surface area contributed by atoms with Crippen molar-refractivity contribution >= 4 is 11.7 Å². The summed E-state index contributed by atoms with van der Waals surface area (Å²) in [5.74, 6) is -0.0354. The topological polar surface area (TPSA) is 59.3 Å². The first-order chi connectivity index (χ1) is 12.2. The number of hydrogen-bond acceptors (Lipinski definition) is 3. The maximum Gasteiger partial charge on any atom is 0.416 e. The van der Waals surface area contributed by atoms with Crippen molar-refractivity contribution in [3.8, 4) is 0 Å². The van der Waals surface area contributed by atoms with Crippen LogP contribution in [-0.4, -0.2) is 11.7 Å². The zero-order valence-corrected chi connectivity index (χ0v) is 14.4. The molecule has 1 aromatic carbocycles. The summed E-state index contributed by atoms with van der Waals surface area (Å²) in [5.41, 5.74) is 0.510. The van der Waals surface area contributed by atoms with Gasteiger partial charge in [0.15, 0.2) is 11.5 Å². The van der Waals surface area contributed by atoms with Crippen LogP contribution in [0.3, 0.4) is 0 Å². The Bertz CT molecular complexity index is 867. The smallest absolute Gasteiger partial charge is 0.416 e. The first-order valence-electron chi connectivity index (χ1n) is 8.32. The zero-order valence-electron chi connectivity index (χ0n) is 14.4. The maximum atomic E-state index is 12.8. The molecule has 0 aliphatic heterocycles. The van der Waals surface area contributed by atoms with Crippen LogP contribution >= 0.6 is 0 Å². The molecule has 0 saturated heterocycles. The van der Waals surface area contributed by atoms with Gasteiger partial charge in [0, 0.05) is 18.4 Å². The Morgan fingerprint density at radius 2 is 2.00 bits per heavy atom. The molecule has 1 aliphatic carbocycles. The van der Waals surface area contributed by atoms with Gasteiger partial charge >= 0.3 is 6.18 Å². The van der Waals surface area contributed by atoms with Gasteiger partial charge in [0.05, 0.1) is 17.2 Å². The number of carbonyl (C=O) groups excluding carboxylic acids is 2. The molecular weight excluding hydrogens is 347 g/mol. The van der Waals surface area contributed by atoms with Crippen LogP contribution in [0, 0.1) is 6.92 Å². The molecule has 1 aliphatic rings. The molecule has 7 heteroatoms. The van der Waals surface area contributed by atoms with Crippen molar-refractivity contribution in [2.75, 3.05) is 0 Å². The van der Waals surface area contributed by atoms with Crippen LogP contribution in [0.2, 0.25) is 0 Å². The van der Waals surface area contributed by atoms with Crippen LogP contribution in [-0.2, 0) is 12.6 Å². The summed E-state index contributed by atoms with van der Waals surface area (Å²) in [4.78, 5) is 24.5. The molecule has 1 atom stereocenters. The number of benzene rings is 1. The first kappa shape index (κ1) is 18.2. The standard InChI is InChI=1S/C19H18F3NO3/c1-10-16-14(24)7-4-8-15(16)26-17(10)18(25)23-11(2)12-5-3-6-13(9-12)19(20,21)22/h3,5-6,9,11H,4,7-8H2,1-2H3,(H,23,25). The number of furan rings is 1. The second-order valence-corrected chi connectivity index (χ2v) is 6.45. The van der Waals surface area contributed by atoms with E-state index in [1.165, 1.54) is 12.1 Å². The molecule has 0 spiro atoms. The van der Waals surface area contributed by atoms with Crippen molar-refractivity contribution in [2.45, 2.75) is 45.3 Å². The number of fused-ring (bicyclic) bond motifs is 1. The van der Waals surface area contributed by atoms with E-state index in [0.29, 0.717) is 41.7 Å². The number of carbonyl (C=O) groups is 2. The highest BCUT2D eigenvalue weighted by atomic mass is 19.4. The highest BCUT2D eigenvalue weighted by Gasteiger charge is 2.32. The summed E-state index contributed by atoms with van der Waals surface area (Å²) >= 11 is 0. The second kappa shape index (κ2) is 6.63. The van der Waals surface area contributed by atoms with E-state index in [1.807, 2.05) is 0 Å². The van der Waals surface area contributed by atoms with Crippen LogP contribution in [0.15, 0.2) is 28.7 Å². The number of alkyl halides is 3. The molecule has 0 saturated carbocycles. The van der Waals surface area contributed by atoms with E-state index in [1.54, 1.807) is 13.8 Å². The van der Waals surface area contributed by atoms with Crippen molar-refractivity contribution in [1.29, 1.82) is 0 Å². The van der Waals surface area contributed by atoms with Gasteiger partial charge in [-0.1, -0.05) is 12.1 Å². The Kier molecular flexibility index (Phi) is 4.64. The fourth-order valence-corrected chi connectivity index (χ4v) is 3.20. The highest BCUT2D eigenvalue weighted by molar-refractivity contribution is 6.03. The average Bonchev–Trinajstić information content (AvgIpc) is 2.92. The molecule has 1 aromatic heterocycles. The minimum absolute atomic E-state index is 0.0440. The fraction of sp³-hybridized carbons (Fsp3) is 0.368. The molecule has 3 rings (SSSR count). The van der Waals surface area contributed by atoms with Gasteiger partial charge in [0.1, 0.15) is 5.76 Å². The molecule has 1 unspecified atom stereocenters. The lowest BCUT2D eigenvalue weighted by Gasteiger charge is -2.15. The van der Waals surface area contributed by atoms with Gasteiger partial charge in [-0.15, -0.1) is 0 Å². The normalized spacial score (nSPS) is 15.5. The van der Waals surface area contributed by atoms with Crippen molar-refractivity contribution in [1.82, 2.24) is 5.32 Å². The lowest BCUT2D eigenvalue weighted by atomic mass is 9.94. The van der Waals surface area contributed by atoms with Crippen LogP contribution in [0.1, 0.15) is 69.2 Å². The molecule has 2 aromatic rings. The van der Waals surface area contributed by atoms with Crippen LogP contribution in [0.25, 0.3) is 0 Å². The predicted molar refractivity (Wildman–Crippen MR) is 88.0 cm³/mol. The summed E-state index contributed by atoms with van der Waals surface area (Å²) < 4.78 is 44.1. The van der Waals surface area contributed by atoms with Crippen molar-refractivity contribution in [2.24, 2.45) is 0 Å². The number of rotatable bonds is 3. The SMILES string of the molecule is Cc1c(C(=O)NC(C)c2cccc(C(F)(F)F)c2)oc2c1C(=O)CCC2. The Morgan fingerprint density at radius 3 is 2.65 bits per heavy atom. The van der Waals surface area contributed by atoms with E-state index in [0.717, 1.165) is 12.1 Å². The van der Waals surface area contributed by atoms with E-state index in [2.05, 4.69) is 5.32 Å². The van der Waals surface area contributed by atoms with Gasteiger partial charge in [-0.3, -0.25) is 9.59 Å². The summed E-state index contributed by atoms with van der Waals surface area (Å²) in [6.07, 6.45) is -2.75. The number of aryl methyl sites for hydroxylation is 1. The molecule has 0 fully saturated rings. The van der Waals surface area contributed by atoms with Gasteiger partial charge in [-0.2, -0.15) is 13.2 Å². The molecule has 1 amide bonds. The van der Waals surface area contributed by atoms with E-state index >= 15 is 0 Å². The molecular formula is C19H18F3NO3. The summed E-state index contributed by atoms with van der Waals surface area (Å²) in [6, 6.07) is 4.16. The fourth-order valence-electron chi connectivity index (χ4n) is 3.20. The second-order valence-electron chi connectivity index (χ2n) is 6.45. The lowest BCUT2D eigenvalue weighted by Crippen LogP contribution is -2.27.